The molecule has 1 aliphatic rings. The van der Waals surface area contributed by atoms with Crippen LogP contribution in [0.4, 0.5) is 4.79 Å². The number of carboxylic acid groups (broad SMARTS) is 1. The summed E-state index contributed by atoms with van der Waals surface area (Å²) in [5.41, 5.74) is 0. The van der Waals surface area contributed by atoms with Crippen molar-refractivity contribution in [2.45, 2.75) is 6.92 Å². The fraction of sp³-hybridized carbons (Fsp3) is 0.800. The number of aliphatic carboxylic acids is 1. The number of nitrogens with zero attached hydrogens (tertiary/aromatic N) is 2. The first-order valence-electron chi connectivity index (χ1n) is 5.66. The molecule has 0 saturated carbocycles. The number of hydrogen-bond acceptors (Lipinski definition) is 4. The number of carbonyl (C=O) groups excluding carboxylic acids is 1. The van der Waals surface area contributed by atoms with Crippen LogP contribution in [0.25, 0.3) is 0 Å². The van der Waals surface area contributed by atoms with E-state index in [2.05, 4.69) is 0 Å². The summed E-state index contributed by atoms with van der Waals surface area (Å²) in [7, 11) is -1.50. The minimum atomic E-state index is -3.02. The standard InChI is InChI=1S/C10H18N2O5S/c1-8(9(13)14)7-11(2)10(15)12-3-5-18(16,17)6-4-12/h8H,3-7H2,1-2H3,(H,13,14). The molecule has 0 aliphatic carbocycles. The van der Waals surface area contributed by atoms with Gasteiger partial charge < -0.3 is 14.9 Å². The van der Waals surface area contributed by atoms with Crippen LogP contribution in [0.1, 0.15) is 6.92 Å². The van der Waals surface area contributed by atoms with Crippen LogP contribution in [0.15, 0.2) is 0 Å². The Labute approximate surface area is 106 Å². The second-order valence-corrected chi connectivity index (χ2v) is 6.84. The summed E-state index contributed by atoms with van der Waals surface area (Å²) in [6, 6.07) is -0.321. The molecule has 0 radical (unpaired) electrons. The number of amides is 2. The first kappa shape index (κ1) is 14.7. The molecular weight excluding hydrogens is 260 g/mol. The Balaban J connectivity index is 2.52. The van der Waals surface area contributed by atoms with Gasteiger partial charge in [0.25, 0.3) is 0 Å². The Morgan fingerprint density at radius 2 is 1.83 bits per heavy atom. The van der Waals surface area contributed by atoms with Gasteiger partial charge >= 0.3 is 12.0 Å². The Bertz CT molecular complexity index is 420. The topological polar surface area (TPSA) is 95.0 Å². The van der Waals surface area contributed by atoms with Gasteiger partial charge in [0, 0.05) is 26.7 Å². The van der Waals surface area contributed by atoms with Crippen molar-refractivity contribution < 1.29 is 23.1 Å². The van der Waals surface area contributed by atoms with Gasteiger partial charge in [0.05, 0.1) is 17.4 Å². The zero-order chi connectivity index (χ0) is 13.9. The molecule has 104 valence electrons. The van der Waals surface area contributed by atoms with Crippen LogP contribution in [-0.2, 0) is 14.6 Å². The number of carboxylic acids is 1. The van der Waals surface area contributed by atoms with Gasteiger partial charge in [0.2, 0.25) is 0 Å². The molecule has 18 heavy (non-hydrogen) atoms. The molecule has 0 aromatic carbocycles. The molecule has 1 aliphatic heterocycles. The van der Waals surface area contributed by atoms with Gasteiger partial charge in [-0.3, -0.25) is 4.79 Å². The van der Waals surface area contributed by atoms with Gasteiger partial charge in [-0.25, -0.2) is 13.2 Å². The van der Waals surface area contributed by atoms with Gasteiger partial charge in [-0.15, -0.1) is 0 Å². The molecule has 0 spiro atoms. The predicted octanol–water partition coefficient (Wildman–Crippen LogP) is -0.511. The number of rotatable bonds is 3. The number of urea groups is 1. The van der Waals surface area contributed by atoms with Crippen LogP contribution in [0.2, 0.25) is 0 Å². The number of hydrogen-bond donors (Lipinski definition) is 1. The average Bonchev–Trinajstić information content (AvgIpc) is 2.27. The van der Waals surface area contributed by atoms with Gasteiger partial charge in [0.1, 0.15) is 0 Å². The van der Waals surface area contributed by atoms with Crippen LogP contribution in [0.5, 0.6) is 0 Å². The molecule has 0 bridgehead atoms. The zero-order valence-electron chi connectivity index (χ0n) is 10.5. The van der Waals surface area contributed by atoms with E-state index in [0.29, 0.717) is 0 Å². The summed E-state index contributed by atoms with van der Waals surface area (Å²) in [6.07, 6.45) is 0. The van der Waals surface area contributed by atoms with Crippen molar-refractivity contribution in [3.63, 3.8) is 0 Å². The summed E-state index contributed by atoms with van der Waals surface area (Å²) in [6.45, 7) is 1.98. The SMILES string of the molecule is CC(CN(C)C(=O)N1CCS(=O)(=O)CC1)C(=O)O. The first-order valence-corrected chi connectivity index (χ1v) is 7.48. The summed E-state index contributed by atoms with van der Waals surface area (Å²) in [5.74, 6) is -1.66. The second-order valence-electron chi connectivity index (χ2n) is 4.54. The van der Waals surface area contributed by atoms with E-state index in [9.17, 15) is 18.0 Å². The number of carbonyl (C=O) groups is 2. The molecule has 1 saturated heterocycles. The molecule has 1 heterocycles. The lowest BCUT2D eigenvalue weighted by molar-refractivity contribution is -0.141. The van der Waals surface area contributed by atoms with Crippen molar-refractivity contribution in [2.75, 3.05) is 38.2 Å². The maximum Gasteiger partial charge on any atom is 0.319 e. The van der Waals surface area contributed by atoms with E-state index >= 15 is 0 Å². The van der Waals surface area contributed by atoms with Crippen molar-refractivity contribution in [3.05, 3.63) is 0 Å². The summed E-state index contributed by atoms with van der Waals surface area (Å²) < 4.78 is 22.5. The molecule has 0 aromatic heterocycles. The van der Waals surface area contributed by atoms with Gasteiger partial charge in [0.15, 0.2) is 9.84 Å². The summed E-state index contributed by atoms with van der Waals surface area (Å²) >= 11 is 0. The van der Waals surface area contributed by atoms with Crippen molar-refractivity contribution >= 4 is 21.8 Å². The van der Waals surface area contributed by atoms with E-state index in [-0.39, 0.29) is 37.2 Å². The zero-order valence-corrected chi connectivity index (χ0v) is 11.3. The van der Waals surface area contributed by atoms with Crippen molar-refractivity contribution in [1.29, 1.82) is 0 Å². The first-order chi connectivity index (χ1) is 8.23. The molecule has 7 nitrogen and oxygen atoms in total. The minimum Gasteiger partial charge on any atom is -0.481 e. The summed E-state index contributed by atoms with van der Waals surface area (Å²) in [5, 5.41) is 8.76. The van der Waals surface area contributed by atoms with E-state index in [1.807, 2.05) is 0 Å². The molecular formula is C10H18N2O5S. The van der Waals surface area contributed by atoms with E-state index in [0.717, 1.165) is 0 Å². The lowest BCUT2D eigenvalue weighted by Crippen LogP contribution is -2.49. The fourth-order valence-corrected chi connectivity index (χ4v) is 2.91. The Morgan fingerprint density at radius 1 is 1.33 bits per heavy atom. The van der Waals surface area contributed by atoms with Crippen LogP contribution in [0.3, 0.4) is 0 Å². The van der Waals surface area contributed by atoms with Gasteiger partial charge in [-0.1, -0.05) is 6.92 Å². The smallest absolute Gasteiger partial charge is 0.319 e. The van der Waals surface area contributed by atoms with Crippen LogP contribution in [-0.4, -0.2) is 73.5 Å². The van der Waals surface area contributed by atoms with Crippen LogP contribution >= 0.6 is 0 Å². The molecule has 2 amide bonds. The highest BCUT2D eigenvalue weighted by Crippen LogP contribution is 2.08. The van der Waals surface area contributed by atoms with Crippen molar-refractivity contribution in [2.24, 2.45) is 5.92 Å². The maximum absolute atomic E-state index is 11.9. The number of sulfone groups is 1. The molecule has 1 atom stereocenters. The Hall–Kier alpha value is -1.31. The minimum absolute atomic E-state index is 0.0267. The summed E-state index contributed by atoms with van der Waals surface area (Å²) in [4.78, 5) is 25.4. The molecule has 8 heteroatoms. The van der Waals surface area contributed by atoms with E-state index in [1.54, 1.807) is 0 Å². The van der Waals surface area contributed by atoms with Gasteiger partial charge in [-0.05, 0) is 0 Å². The third kappa shape index (κ3) is 3.86. The lowest BCUT2D eigenvalue weighted by atomic mass is 10.2. The molecule has 1 N–H and O–H groups in total. The van der Waals surface area contributed by atoms with Crippen LogP contribution < -0.4 is 0 Å². The van der Waals surface area contributed by atoms with E-state index in [4.69, 9.17) is 5.11 Å². The molecule has 1 fully saturated rings. The average molecular weight is 278 g/mol. The molecule has 1 unspecified atom stereocenters. The second kappa shape index (κ2) is 5.55. The highest BCUT2D eigenvalue weighted by molar-refractivity contribution is 7.91. The maximum atomic E-state index is 11.9. The van der Waals surface area contributed by atoms with Crippen LogP contribution in [0, 0.1) is 5.92 Å². The third-order valence-electron chi connectivity index (χ3n) is 2.91. The highest BCUT2D eigenvalue weighted by Gasteiger charge is 2.27. The van der Waals surface area contributed by atoms with E-state index < -0.39 is 21.7 Å². The predicted molar refractivity (Wildman–Crippen MR) is 65.1 cm³/mol. The largest absolute Gasteiger partial charge is 0.481 e. The third-order valence-corrected chi connectivity index (χ3v) is 4.52. The van der Waals surface area contributed by atoms with E-state index in [1.165, 1.54) is 23.8 Å². The van der Waals surface area contributed by atoms with Crippen molar-refractivity contribution in [3.8, 4) is 0 Å². The Morgan fingerprint density at radius 3 is 2.28 bits per heavy atom. The monoisotopic (exact) mass is 278 g/mol. The quantitative estimate of drug-likeness (QED) is 0.750. The Kier molecular flexibility index (Phi) is 4.55. The van der Waals surface area contributed by atoms with Crippen molar-refractivity contribution in [1.82, 2.24) is 9.80 Å². The highest BCUT2D eigenvalue weighted by atomic mass is 32.2. The normalized spacial score (nSPS) is 20.2. The van der Waals surface area contributed by atoms with Gasteiger partial charge in [-0.2, -0.15) is 0 Å². The fourth-order valence-electron chi connectivity index (χ4n) is 1.71. The lowest BCUT2D eigenvalue weighted by Gasteiger charge is -2.31. The molecule has 0 aromatic rings. The molecule has 1 rings (SSSR count).